The summed E-state index contributed by atoms with van der Waals surface area (Å²) in [7, 11) is 2.62. The molecule has 0 amide bonds. The normalized spacial score (nSPS) is 10.8. The van der Waals surface area contributed by atoms with E-state index in [0.717, 1.165) is 170 Å². The van der Waals surface area contributed by atoms with E-state index in [1.165, 1.54) is 55.9 Å². The van der Waals surface area contributed by atoms with Crippen LogP contribution in [0.5, 0.6) is 11.5 Å². The molecule has 5 heterocycles. The molecule has 6 aromatic carbocycles. The van der Waals surface area contributed by atoms with Gasteiger partial charge in [0.15, 0.2) is 11.5 Å². The molecule has 0 saturated carbocycles. The molecular weight excluding hydrogens is 1450 g/mol. The molecule has 0 saturated heterocycles. The van der Waals surface area contributed by atoms with Gasteiger partial charge in [-0.25, -0.2) is 23.5 Å². The Bertz CT molecular complexity index is 4160. The zero-order valence-electron chi connectivity index (χ0n) is 64.0. The first-order chi connectivity index (χ1) is 50.7. The number of methoxy groups -OCH3 is 2. The SMILES string of the molecule is C/C=N/Nc1ccccc1.CCCCN(Cc1c(C)nn(-c2ccccc2)c1CCC)c1cccc2c1OCO2.CCCCNCc1c(C)nn(-c2ccccc2)c1CCC.CCCc1c(C(=O)OC)c(C)nn1-c1ccccc1.CCCc1c(CO)c(C)nn1-c1ccccc1.COC(=O)C[C-]=O.[Pr]. The Morgan fingerprint density at radius 1 is 0.552 bits per heavy atom. The molecule has 10 aromatic rings. The van der Waals surface area contributed by atoms with Gasteiger partial charge in [0.1, 0.15) is 5.56 Å². The van der Waals surface area contributed by atoms with Crippen LogP contribution in [0.4, 0.5) is 11.4 Å². The Kier molecular flexibility index (Phi) is 39.7. The molecule has 105 heavy (non-hydrogen) atoms. The topological polar surface area (TPSA) is 219 Å². The van der Waals surface area contributed by atoms with E-state index in [1.807, 2.05) is 139 Å². The third-order valence-corrected chi connectivity index (χ3v) is 16.9. The maximum atomic E-state index is 11.9. The number of aliphatic hydroxyl groups is 1. The summed E-state index contributed by atoms with van der Waals surface area (Å²) in [4.78, 5) is 33.6. The van der Waals surface area contributed by atoms with E-state index < -0.39 is 5.97 Å². The van der Waals surface area contributed by atoms with Gasteiger partial charge in [-0.15, -0.1) is 0 Å². The van der Waals surface area contributed by atoms with Crippen molar-refractivity contribution in [2.24, 2.45) is 5.10 Å². The molecule has 21 heteroatoms. The second-order valence-electron chi connectivity index (χ2n) is 24.7. The molecule has 0 unspecified atom stereocenters. The standard InChI is InChI=1S/C25H31N3O2.C18H27N3.C15H18N2O2.C14H18N2O.C8H10N2.C4H5O3.Pr/c1-4-6-16-27(23-14-10-15-24-25(23)30-18-29-24)17-21-19(3)26-28(22(21)11-5-2)20-12-8-7-9-13-20;1-4-6-13-19-14-17-15(3)20-21(18(17)10-5-2)16-11-8-7-9-12-16;1-4-8-13-14(15(18)19-3)11(2)16-17(13)12-9-6-5-7-10-12;1-3-7-14-13(10-17)11(2)15-16(14)12-8-5-4-6-9-12;1-2-9-10-8-6-4-3-5-7-8;1-7-4(6)2-3-5;/h7-10,12-15H,4-6,11,16-18H2,1-3H3;7-9,11-12,19H,4-6,10,13-14H2,1-3H3;5-7,9-10H,4,8H2,1-3H3;4-6,8-9,17H,3,7,10H2,1-2H3;2-7,10H,1H3;2H2,1H3;/q;;;;;-1;/b;;;;9-2+;;. The molecule has 4 aromatic heterocycles. The van der Waals surface area contributed by atoms with Crippen LogP contribution in [0.2, 0.25) is 0 Å². The Labute approximate surface area is 655 Å². The number of benzene rings is 6. The number of esters is 2. The van der Waals surface area contributed by atoms with E-state index in [-0.39, 0.29) is 60.3 Å². The molecular formula is C84H109N12O8Pr-. The average molecular weight is 1560 g/mol. The summed E-state index contributed by atoms with van der Waals surface area (Å²) in [6.45, 7) is 27.2. The monoisotopic (exact) mass is 1550 g/mol. The van der Waals surface area contributed by atoms with Crippen LogP contribution in [-0.2, 0) is 64.4 Å². The predicted octanol–water partition coefficient (Wildman–Crippen LogP) is 17.0. The minimum atomic E-state index is -0.546. The van der Waals surface area contributed by atoms with Gasteiger partial charge in [-0.2, -0.15) is 25.5 Å². The van der Waals surface area contributed by atoms with Crippen molar-refractivity contribution in [3.8, 4) is 34.2 Å². The summed E-state index contributed by atoms with van der Waals surface area (Å²) >= 11 is 0. The van der Waals surface area contributed by atoms with E-state index in [1.54, 1.807) is 6.21 Å². The van der Waals surface area contributed by atoms with Gasteiger partial charge in [0.2, 0.25) is 6.79 Å². The first kappa shape index (κ1) is 86.6. The number of carbonyl (C=O) groups is 2. The van der Waals surface area contributed by atoms with Gasteiger partial charge in [-0.3, -0.25) is 16.5 Å². The summed E-state index contributed by atoms with van der Waals surface area (Å²) in [5.74, 6) is 0.830. The Morgan fingerprint density at radius 3 is 1.43 bits per heavy atom. The molecule has 0 spiro atoms. The van der Waals surface area contributed by atoms with E-state index >= 15 is 0 Å². The third-order valence-electron chi connectivity index (χ3n) is 16.9. The molecule has 3 N–H and O–H groups in total. The number of anilines is 2. The molecule has 0 bridgehead atoms. The number of hydrogen-bond donors (Lipinski definition) is 3. The summed E-state index contributed by atoms with van der Waals surface area (Å²) in [5, 5.41) is 35.6. The summed E-state index contributed by atoms with van der Waals surface area (Å²) < 4.78 is 28.4. The zero-order valence-corrected chi connectivity index (χ0v) is 67.7. The quantitative estimate of drug-likeness (QED) is 0.00991. The second-order valence-corrected chi connectivity index (χ2v) is 24.7. The van der Waals surface area contributed by atoms with Crippen LogP contribution < -0.4 is 25.1 Å². The Morgan fingerprint density at radius 2 is 0.990 bits per heavy atom. The molecule has 0 atom stereocenters. The third kappa shape index (κ3) is 25.9. The van der Waals surface area contributed by atoms with Crippen LogP contribution in [-0.4, -0.2) is 103 Å². The van der Waals surface area contributed by atoms with Gasteiger partial charge in [0, 0.05) is 95.2 Å². The first-order valence-electron chi connectivity index (χ1n) is 36.5. The number of aromatic nitrogens is 8. The maximum Gasteiger partial charge on any atom is 0.341 e. The zero-order chi connectivity index (χ0) is 75.0. The number of hydrogen-bond acceptors (Lipinski definition) is 16. The summed E-state index contributed by atoms with van der Waals surface area (Å²) in [5.41, 5.74) is 22.1. The number of unbranched alkanes of at least 4 members (excludes halogenated alkanes) is 2. The van der Waals surface area contributed by atoms with Crippen molar-refractivity contribution in [1.29, 1.82) is 0 Å². The molecule has 1 aliphatic heterocycles. The van der Waals surface area contributed by atoms with Crippen molar-refractivity contribution >= 4 is 35.8 Å². The summed E-state index contributed by atoms with van der Waals surface area (Å²) in [6, 6.07) is 56.8. The second kappa shape index (κ2) is 48.1. The van der Waals surface area contributed by atoms with E-state index in [2.05, 4.69) is 161 Å². The van der Waals surface area contributed by atoms with Crippen molar-refractivity contribution < 1.29 is 79.7 Å². The number of fused-ring (bicyclic) bond motifs is 1. The van der Waals surface area contributed by atoms with Gasteiger partial charge >= 0.3 is 5.97 Å². The van der Waals surface area contributed by atoms with Gasteiger partial charge in [0.25, 0.3) is 5.97 Å². The number of nitrogens with zero attached hydrogens (tertiary/aromatic N) is 10. The molecule has 0 fully saturated rings. The van der Waals surface area contributed by atoms with E-state index in [4.69, 9.17) is 24.4 Å². The van der Waals surface area contributed by atoms with Crippen LogP contribution in [0.25, 0.3) is 22.7 Å². The van der Waals surface area contributed by atoms with Crippen LogP contribution in [0.15, 0.2) is 175 Å². The largest absolute Gasteiger partial charge is 0.541 e. The molecule has 20 nitrogen and oxygen atoms in total. The molecule has 0 aliphatic carbocycles. The number of carbonyl (C=O) groups excluding carboxylic acids is 3. The van der Waals surface area contributed by atoms with Gasteiger partial charge in [-0.1, -0.05) is 184 Å². The summed E-state index contributed by atoms with van der Waals surface area (Å²) in [6.07, 6.45) is 15.6. The number of ether oxygens (including phenoxy) is 4. The number of rotatable bonds is 29. The van der Waals surface area contributed by atoms with Gasteiger partial charge in [0.05, 0.1) is 89.1 Å². The van der Waals surface area contributed by atoms with Crippen LogP contribution in [0, 0.1) is 69.0 Å². The van der Waals surface area contributed by atoms with E-state index in [0.29, 0.717) is 18.1 Å². The van der Waals surface area contributed by atoms with Crippen molar-refractivity contribution in [2.45, 2.75) is 179 Å². The fourth-order valence-electron chi connectivity index (χ4n) is 11.8. The fraction of sp³-hybridized carbons (Fsp3) is 0.381. The number of hydrazone groups is 1. The Hall–Kier alpha value is -9.08. The smallest absolute Gasteiger partial charge is 0.341 e. The molecule has 557 valence electrons. The fourth-order valence-corrected chi connectivity index (χ4v) is 11.8. The Balaban J connectivity index is 0.000000237. The average Bonchev–Trinajstić information content (AvgIpc) is 1.68. The minimum Gasteiger partial charge on any atom is -0.541 e. The number of aryl methyl sites for hydroxylation is 4. The van der Waals surface area contributed by atoms with Crippen molar-refractivity contribution in [3.05, 3.63) is 238 Å². The first-order valence-corrected chi connectivity index (χ1v) is 36.5. The van der Waals surface area contributed by atoms with Gasteiger partial charge < -0.3 is 39.1 Å². The number of para-hydroxylation sites is 6. The van der Waals surface area contributed by atoms with Crippen LogP contribution >= 0.6 is 0 Å². The number of nitrogens with one attached hydrogen (secondary N) is 2. The van der Waals surface area contributed by atoms with Crippen molar-refractivity contribution in [1.82, 2.24) is 44.4 Å². The van der Waals surface area contributed by atoms with Crippen molar-refractivity contribution in [3.63, 3.8) is 0 Å². The van der Waals surface area contributed by atoms with Crippen LogP contribution in [0.3, 0.4) is 0 Å². The maximum absolute atomic E-state index is 11.9. The minimum absolute atomic E-state index is 0. The van der Waals surface area contributed by atoms with Crippen LogP contribution in [0.1, 0.15) is 179 Å². The predicted molar refractivity (Wildman–Crippen MR) is 418 cm³/mol. The number of aliphatic hydroxyl groups excluding tert-OH is 1. The molecule has 11 rings (SSSR count). The van der Waals surface area contributed by atoms with Gasteiger partial charge in [-0.05, 0) is 152 Å². The van der Waals surface area contributed by atoms with Crippen molar-refractivity contribution in [2.75, 3.05) is 44.4 Å². The molecule has 1 radical (unpaired) electrons. The molecule has 1 aliphatic rings. The van der Waals surface area contributed by atoms with E-state index in [9.17, 15) is 19.5 Å².